The molecule has 2 aromatic heterocycles. The first-order valence-electron chi connectivity index (χ1n) is 11.5. The van der Waals surface area contributed by atoms with E-state index in [0.717, 1.165) is 22.9 Å². The van der Waals surface area contributed by atoms with Gasteiger partial charge in [0.1, 0.15) is 23.8 Å². The summed E-state index contributed by atoms with van der Waals surface area (Å²) in [7, 11) is 0. The highest BCUT2D eigenvalue weighted by Gasteiger charge is 2.16. The third-order valence-corrected chi connectivity index (χ3v) is 6.11. The molecule has 0 aliphatic rings. The van der Waals surface area contributed by atoms with Gasteiger partial charge >= 0.3 is 5.97 Å². The molecule has 2 aromatic carbocycles. The molecule has 0 fully saturated rings. The molecule has 6 nitrogen and oxygen atoms in total. The lowest BCUT2D eigenvalue weighted by Crippen LogP contribution is -2.13. The Bertz CT molecular complexity index is 1410. The summed E-state index contributed by atoms with van der Waals surface area (Å²) in [6.45, 7) is 8.54. The van der Waals surface area contributed by atoms with Gasteiger partial charge in [-0.05, 0) is 55.5 Å². The molecule has 0 atom stereocenters. The molecule has 0 bridgehead atoms. The molecule has 0 aliphatic heterocycles. The number of halogens is 2. The first kappa shape index (κ1) is 24.3. The summed E-state index contributed by atoms with van der Waals surface area (Å²) in [4.78, 5) is 20.2. The van der Waals surface area contributed by atoms with Crippen molar-refractivity contribution in [2.45, 2.75) is 40.7 Å². The topological polar surface area (TPSA) is 80.0 Å². The average Bonchev–Trinajstić information content (AvgIpc) is 3.14. The zero-order chi connectivity index (χ0) is 25.3. The third kappa shape index (κ3) is 5.01. The van der Waals surface area contributed by atoms with Crippen LogP contribution in [-0.2, 0) is 13.0 Å². The smallest absolute Gasteiger partial charge is 0.335 e. The Morgan fingerprint density at radius 3 is 2.57 bits per heavy atom. The molecule has 0 radical (unpaired) electrons. The Morgan fingerprint density at radius 1 is 1.09 bits per heavy atom. The summed E-state index contributed by atoms with van der Waals surface area (Å²) in [5.41, 5.74) is 4.21. The first-order valence-corrected chi connectivity index (χ1v) is 11.5. The number of aromatic nitrogens is 3. The molecule has 4 rings (SSSR count). The highest BCUT2D eigenvalue weighted by atomic mass is 19.1. The van der Waals surface area contributed by atoms with Crippen LogP contribution >= 0.6 is 0 Å². The number of nitrogens with one attached hydrogen (secondary N) is 1. The van der Waals surface area contributed by atoms with E-state index in [0.29, 0.717) is 59.0 Å². The van der Waals surface area contributed by atoms with Gasteiger partial charge in [0.2, 0.25) is 0 Å². The summed E-state index contributed by atoms with van der Waals surface area (Å²) >= 11 is 0. The minimum absolute atomic E-state index is 0.298. The summed E-state index contributed by atoms with van der Waals surface area (Å²) in [5, 5.41) is 13.3. The number of anilines is 1. The van der Waals surface area contributed by atoms with Crippen LogP contribution in [0, 0.1) is 31.4 Å². The number of aryl methyl sites for hydroxylation is 2. The molecule has 0 saturated carbocycles. The lowest BCUT2D eigenvalue weighted by molar-refractivity contribution is 0.0695. The Morgan fingerprint density at radius 2 is 1.86 bits per heavy atom. The maximum atomic E-state index is 14.5. The molecule has 0 saturated heterocycles. The third-order valence-electron chi connectivity index (χ3n) is 6.11. The van der Waals surface area contributed by atoms with Crippen molar-refractivity contribution in [2.75, 3.05) is 11.9 Å². The van der Waals surface area contributed by atoms with Crippen molar-refractivity contribution in [3.05, 3.63) is 76.7 Å². The summed E-state index contributed by atoms with van der Waals surface area (Å²) in [6, 6.07) is 9.77. The lowest BCUT2D eigenvalue weighted by Gasteiger charge is -2.13. The Kier molecular flexibility index (Phi) is 6.82. The zero-order valence-corrected chi connectivity index (χ0v) is 20.2. The van der Waals surface area contributed by atoms with E-state index in [-0.39, 0.29) is 0 Å². The van der Waals surface area contributed by atoms with Crippen LogP contribution in [0.15, 0.2) is 42.7 Å². The fourth-order valence-electron chi connectivity index (χ4n) is 4.40. The number of fused-ring (bicyclic) bond motifs is 1. The van der Waals surface area contributed by atoms with Gasteiger partial charge in [0.25, 0.3) is 0 Å². The number of aromatic carboxylic acids is 1. The van der Waals surface area contributed by atoms with Crippen molar-refractivity contribution in [3.63, 3.8) is 0 Å². The molecule has 2 heterocycles. The second-order valence-electron chi connectivity index (χ2n) is 9.16. The Balaban J connectivity index is 1.54. The second-order valence-corrected chi connectivity index (χ2v) is 9.16. The maximum Gasteiger partial charge on any atom is 0.335 e. The van der Waals surface area contributed by atoms with Gasteiger partial charge in [0.05, 0.1) is 16.8 Å². The standard InChI is InChI=1S/C27H28F2N4O2/c1-15(2)9-19-11-18(5-6-20(19)27(34)35)24-13-25(32-14-31-24)30-7-8-33-16(3)10-21-17(4)22(28)12-23(29)26(21)33/h5-6,10-15H,7-9H2,1-4H3,(H,34,35)(H,30,31,32). The molecular formula is C27H28F2N4O2. The quantitative estimate of drug-likeness (QED) is 0.325. The van der Waals surface area contributed by atoms with Crippen LogP contribution in [-0.4, -0.2) is 32.2 Å². The van der Waals surface area contributed by atoms with Gasteiger partial charge in [-0.2, -0.15) is 0 Å². The van der Waals surface area contributed by atoms with E-state index in [1.807, 2.05) is 31.4 Å². The van der Waals surface area contributed by atoms with Crippen molar-refractivity contribution >= 4 is 22.7 Å². The van der Waals surface area contributed by atoms with E-state index >= 15 is 0 Å². The van der Waals surface area contributed by atoms with Gasteiger partial charge in [-0.25, -0.2) is 23.5 Å². The van der Waals surface area contributed by atoms with Crippen molar-refractivity contribution < 1.29 is 18.7 Å². The number of benzene rings is 2. The van der Waals surface area contributed by atoms with Crippen molar-refractivity contribution in [3.8, 4) is 11.3 Å². The van der Waals surface area contributed by atoms with Gasteiger partial charge in [-0.1, -0.05) is 19.9 Å². The van der Waals surface area contributed by atoms with Crippen LogP contribution in [0.25, 0.3) is 22.2 Å². The van der Waals surface area contributed by atoms with Crippen LogP contribution in [0.2, 0.25) is 0 Å². The highest BCUT2D eigenvalue weighted by Crippen LogP contribution is 2.28. The van der Waals surface area contributed by atoms with E-state index in [1.54, 1.807) is 31.2 Å². The van der Waals surface area contributed by atoms with Crippen LogP contribution in [0.4, 0.5) is 14.6 Å². The summed E-state index contributed by atoms with van der Waals surface area (Å²) in [6.07, 6.45) is 2.10. The van der Waals surface area contributed by atoms with E-state index in [4.69, 9.17) is 0 Å². The number of nitrogens with zero attached hydrogens (tertiary/aromatic N) is 3. The van der Waals surface area contributed by atoms with E-state index < -0.39 is 17.6 Å². The average molecular weight is 479 g/mol. The maximum absolute atomic E-state index is 14.5. The van der Waals surface area contributed by atoms with Gasteiger partial charge in [-0.15, -0.1) is 0 Å². The fourth-order valence-corrected chi connectivity index (χ4v) is 4.40. The van der Waals surface area contributed by atoms with Crippen molar-refractivity contribution in [1.82, 2.24) is 14.5 Å². The number of carbonyl (C=O) groups is 1. The van der Waals surface area contributed by atoms with Gasteiger partial charge < -0.3 is 15.0 Å². The molecule has 0 aliphatic carbocycles. The minimum atomic E-state index is -0.945. The fraction of sp³-hybridized carbons (Fsp3) is 0.296. The Labute approximate surface area is 202 Å². The highest BCUT2D eigenvalue weighted by molar-refractivity contribution is 5.90. The number of rotatable bonds is 8. The molecule has 182 valence electrons. The molecule has 2 N–H and O–H groups in total. The van der Waals surface area contributed by atoms with Crippen LogP contribution in [0.3, 0.4) is 0 Å². The van der Waals surface area contributed by atoms with Crippen LogP contribution in [0.1, 0.15) is 41.0 Å². The molecule has 0 spiro atoms. The first-order chi connectivity index (χ1) is 16.7. The largest absolute Gasteiger partial charge is 0.478 e. The van der Waals surface area contributed by atoms with Crippen LogP contribution < -0.4 is 5.32 Å². The molecule has 0 amide bonds. The normalized spacial score (nSPS) is 11.4. The van der Waals surface area contributed by atoms with Gasteiger partial charge in [0.15, 0.2) is 0 Å². The predicted molar refractivity (Wildman–Crippen MR) is 133 cm³/mol. The molecule has 0 unspecified atom stereocenters. The molecule has 4 aromatic rings. The van der Waals surface area contributed by atoms with Crippen molar-refractivity contribution in [1.29, 1.82) is 0 Å². The predicted octanol–water partition coefficient (Wildman–Crippen LogP) is 6.00. The van der Waals surface area contributed by atoms with Crippen molar-refractivity contribution in [2.24, 2.45) is 5.92 Å². The summed E-state index contributed by atoms with van der Waals surface area (Å²) < 4.78 is 30.3. The molecule has 35 heavy (non-hydrogen) atoms. The Hall–Kier alpha value is -3.81. The summed E-state index contributed by atoms with van der Waals surface area (Å²) in [5.74, 6) is -1.17. The van der Waals surface area contributed by atoms with Gasteiger partial charge in [0, 0.05) is 41.9 Å². The lowest BCUT2D eigenvalue weighted by atomic mass is 9.95. The van der Waals surface area contributed by atoms with E-state index in [1.165, 1.54) is 6.33 Å². The number of carboxylic acids is 1. The van der Waals surface area contributed by atoms with Crippen LogP contribution in [0.5, 0.6) is 0 Å². The molecular weight excluding hydrogens is 450 g/mol. The minimum Gasteiger partial charge on any atom is -0.478 e. The zero-order valence-electron chi connectivity index (χ0n) is 20.2. The van der Waals surface area contributed by atoms with E-state index in [2.05, 4.69) is 15.3 Å². The SMILES string of the molecule is Cc1c(F)cc(F)c2c1cc(C)n2CCNc1cc(-c2ccc(C(=O)O)c(CC(C)C)c2)ncn1. The molecule has 8 heteroatoms. The number of carboxylic acid groups (broad SMARTS) is 1. The van der Waals surface area contributed by atoms with Gasteiger partial charge in [-0.3, -0.25) is 0 Å². The number of hydrogen-bond acceptors (Lipinski definition) is 4. The second kappa shape index (κ2) is 9.82. The van der Waals surface area contributed by atoms with E-state index in [9.17, 15) is 18.7 Å². The monoisotopic (exact) mass is 478 g/mol. The number of hydrogen-bond donors (Lipinski definition) is 2.